The maximum atomic E-state index is 10.7. The maximum Gasteiger partial charge on any atom is 0.412 e. The van der Waals surface area contributed by atoms with E-state index in [0.29, 0.717) is 0 Å². The van der Waals surface area contributed by atoms with E-state index in [2.05, 4.69) is 20.2 Å². The minimum Gasteiger partial charge on any atom is -0.370 e. The van der Waals surface area contributed by atoms with Crippen molar-refractivity contribution in [3.05, 3.63) is 11.8 Å². The largest absolute Gasteiger partial charge is 0.412 e. The van der Waals surface area contributed by atoms with Gasteiger partial charge in [-0.15, -0.1) is 0 Å². The molecule has 0 unspecified atom stereocenters. The smallest absolute Gasteiger partial charge is 0.370 e. The molecule has 0 aliphatic carbocycles. The van der Waals surface area contributed by atoms with E-state index in [1.165, 1.54) is 6.08 Å². The fourth-order valence-electron chi connectivity index (χ4n) is 0.500. The van der Waals surface area contributed by atoms with Gasteiger partial charge in [0.05, 0.1) is 0 Å². The zero-order valence-electron chi connectivity index (χ0n) is 5.40. The average Bonchev–Trinajstić information content (AvgIpc) is 2.35. The van der Waals surface area contributed by atoms with Crippen molar-refractivity contribution in [2.75, 3.05) is 6.61 Å². The Morgan fingerprint density at radius 2 is 2.36 bits per heavy atom. The Morgan fingerprint density at radius 1 is 1.64 bits per heavy atom. The predicted octanol–water partition coefficient (Wildman–Crippen LogP) is -0.546. The van der Waals surface area contributed by atoms with Gasteiger partial charge in [-0.25, -0.2) is 9.59 Å². The van der Waals surface area contributed by atoms with Gasteiger partial charge in [0.2, 0.25) is 5.76 Å². The lowest BCUT2D eigenvalue weighted by molar-refractivity contribution is -0.236. The van der Waals surface area contributed by atoms with Crippen LogP contribution in [0, 0.1) is 0 Å². The van der Waals surface area contributed by atoms with Gasteiger partial charge >= 0.3 is 12.1 Å². The van der Waals surface area contributed by atoms with Crippen molar-refractivity contribution in [2.24, 2.45) is 5.73 Å². The average molecular weight is 159 g/mol. The first kappa shape index (κ1) is 7.55. The summed E-state index contributed by atoms with van der Waals surface area (Å²) in [6, 6.07) is 0. The maximum absolute atomic E-state index is 10.7. The SMILES string of the molecule is NC(=O)OC(=O)C1=CCOO1. The molecule has 11 heavy (non-hydrogen) atoms. The number of esters is 1. The molecule has 0 radical (unpaired) electrons. The molecule has 2 N–H and O–H groups in total. The fourth-order valence-corrected chi connectivity index (χ4v) is 0.500. The molecule has 0 aromatic carbocycles. The number of amides is 1. The molecular weight excluding hydrogens is 154 g/mol. The quantitative estimate of drug-likeness (QED) is 0.315. The van der Waals surface area contributed by atoms with Gasteiger partial charge in [0.15, 0.2) is 0 Å². The number of nitrogens with two attached hydrogens (primary N) is 1. The second-order valence-corrected chi connectivity index (χ2v) is 1.64. The van der Waals surface area contributed by atoms with E-state index in [1.54, 1.807) is 0 Å². The van der Waals surface area contributed by atoms with E-state index in [4.69, 9.17) is 0 Å². The van der Waals surface area contributed by atoms with Crippen molar-refractivity contribution in [1.82, 2.24) is 0 Å². The molecule has 0 atom stereocenters. The molecule has 0 fully saturated rings. The van der Waals surface area contributed by atoms with Gasteiger partial charge in [0.25, 0.3) is 0 Å². The number of primary amides is 1. The Kier molecular flexibility index (Phi) is 2.07. The fraction of sp³-hybridized carbons (Fsp3) is 0.200. The lowest BCUT2D eigenvalue weighted by Crippen LogP contribution is -2.19. The molecule has 0 aromatic rings. The highest BCUT2D eigenvalue weighted by atomic mass is 17.2. The standard InChI is InChI=1S/C5H5NO5/c6-5(8)10-4(7)3-1-2-9-11-3/h1H,2H2,(H2,6,8). The number of rotatable bonds is 1. The summed E-state index contributed by atoms with van der Waals surface area (Å²) in [6.45, 7) is 0.156. The first-order valence-corrected chi connectivity index (χ1v) is 2.71. The van der Waals surface area contributed by atoms with Crippen molar-refractivity contribution in [1.29, 1.82) is 0 Å². The number of hydrogen-bond acceptors (Lipinski definition) is 5. The van der Waals surface area contributed by atoms with Crippen LogP contribution in [0.5, 0.6) is 0 Å². The lowest BCUT2D eigenvalue weighted by Gasteiger charge is -1.97. The van der Waals surface area contributed by atoms with Crippen LogP contribution in [0.15, 0.2) is 11.8 Å². The summed E-state index contributed by atoms with van der Waals surface area (Å²) in [4.78, 5) is 29.3. The summed E-state index contributed by atoms with van der Waals surface area (Å²) >= 11 is 0. The summed E-state index contributed by atoms with van der Waals surface area (Å²) < 4.78 is 3.96. The van der Waals surface area contributed by atoms with Crippen molar-refractivity contribution in [3.63, 3.8) is 0 Å². The van der Waals surface area contributed by atoms with Crippen molar-refractivity contribution in [3.8, 4) is 0 Å². The highest BCUT2D eigenvalue weighted by molar-refractivity contribution is 5.93. The molecule has 1 heterocycles. The Bertz CT molecular complexity index is 221. The highest BCUT2D eigenvalue weighted by Gasteiger charge is 2.19. The molecule has 0 spiro atoms. The van der Waals surface area contributed by atoms with E-state index < -0.39 is 12.1 Å². The number of carbonyl (C=O) groups excluding carboxylic acids is 2. The number of hydrogen-bond donors (Lipinski definition) is 1. The lowest BCUT2D eigenvalue weighted by atomic mass is 10.5. The molecule has 1 aliphatic rings. The zero-order chi connectivity index (χ0) is 8.27. The van der Waals surface area contributed by atoms with Gasteiger partial charge in [-0.1, -0.05) is 0 Å². The minimum atomic E-state index is -1.17. The monoisotopic (exact) mass is 159 g/mol. The topological polar surface area (TPSA) is 87.9 Å². The molecule has 60 valence electrons. The molecule has 6 heteroatoms. The van der Waals surface area contributed by atoms with Gasteiger partial charge in [-0.2, -0.15) is 4.89 Å². The summed E-state index contributed by atoms with van der Waals surface area (Å²) in [7, 11) is 0. The number of carbonyl (C=O) groups is 2. The van der Waals surface area contributed by atoms with Crippen LogP contribution >= 0.6 is 0 Å². The molecule has 0 bridgehead atoms. The predicted molar refractivity (Wildman–Crippen MR) is 30.8 cm³/mol. The molecule has 1 rings (SSSR count). The molecule has 0 saturated carbocycles. The Hall–Kier alpha value is -1.56. The Labute approximate surface area is 61.4 Å². The van der Waals surface area contributed by atoms with Crippen LogP contribution in [0.2, 0.25) is 0 Å². The van der Waals surface area contributed by atoms with Crippen LogP contribution in [0.25, 0.3) is 0 Å². The van der Waals surface area contributed by atoms with Crippen LogP contribution < -0.4 is 5.73 Å². The molecule has 1 amide bonds. The normalized spacial score (nSPS) is 15.1. The van der Waals surface area contributed by atoms with Crippen molar-refractivity contribution in [2.45, 2.75) is 0 Å². The van der Waals surface area contributed by atoms with E-state index >= 15 is 0 Å². The van der Waals surface area contributed by atoms with Gasteiger partial charge in [0.1, 0.15) is 6.61 Å². The van der Waals surface area contributed by atoms with Gasteiger partial charge in [-0.3, -0.25) is 0 Å². The van der Waals surface area contributed by atoms with E-state index in [0.717, 1.165) is 0 Å². The summed E-state index contributed by atoms with van der Waals surface area (Å²) in [5.74, 6) is -1.11. The molecule has 0 saturated heterocycles. The summed E-state index contributed by atoms with van der Waals surface area (Å²) in [5, 5.41) is 0. The van der Waals surface area contributed by atoms with Crippen molar-refractivity contribution >= 4 is 12.1 Å². The summed E-state index contributed by atoms with van der Waals surface area (Å²) in [5.41, 5.74) is 4.56. The first-order valence-electron chi connectivity index (χ1n) is 2.71. The third-order valence-corrected chi connectivity index (χ3v) is 0.880. The van der Waals surface area contributed by atoms with Gasteiger partial charge in [0, 0.05) is 0 Å². The molecule has 6 nitrogen and oxygen atoms in total. The van der Waals surface area contributed by atoms with Crippen LogP contribution in [-0.4, -0.2) is 18.7 Å². The van der Waals surface area contributed by atoms with Gasteiger partial charge < -0.3 is 15.4 Å². The molecular formula is C5H5NO5. The van der Waals surface area contributed by atoms with Crippen LogP contribution in [0.4, 0.5) is 4.79 Å². The third kappa shape index (κ3) is 1.94. The minimum absolute atomic E-state index is 0.156. The van der Waals surface area contributed by atoms with Crippen LogP contribution in [0.1, 0.15) is 0 Å². The van der Waals surface area contributed by atoms with E-state index in [-0.39, 0.29) is 12.4 Å². The van der Waals surface area contributed by atoms with Crippen LogP contribution in [-0.2, 0) is 19.3 Å². The molecule has 1 aliphatic heterocycles. The first-order chi connectivity index (χ1) is 5.20. The molecule has 0 aromatic heterocycles. The second-order valence-electron chi connectivity index (χ2n) is 1.64. The Morgan fingerprint density at radius 3 is 2.82 bits per heavy atom. The van der Waals surface area contributed by atoms with Crippen LogP contribution in [0.3, 0.4) is 0 Å². The van der Waals surface area contributed by atoms with E-state index in [9.17, 15) is 9.59 Å². The third-order valence-electron chi connectivity index (χ3n) is 0.880. The van der Waals surface area contributed by atoms with E-state index in [1.807, 2.05) is 0 Å². The van der Waals surface area contributed by atoms with Gasteiger partial charge in [-0.05, 0) is 6.08 Å². The highest BCUT2D eigenvalue weighted by Crippen LogP contribution is 2.07. The zero-order valence-corrected chi connectivity index (χ0v) is 5.40. The number of ether oxygens (including phenoxy) is 1. The second kappa shape index (κ2) is 3.02. The Balaban J connectivity index is 2.47. The summed E-state index contributed by atoms with van der Waals surface area (Å²) in [6.07, 6.45) is 0.150. The van der Waals surface area contributed by atoms with Crippen molar-refractivity contribution < 1.29 is 24.1 Å².